The maximum atomic E-state index is 9.50. The number of hydrogen-bond donors (Lipinski definition) is 2. The van der Waals surface area contributed by atoms with Crippen molar-refractivity contribution in [1.29, 1.82) is 0 Å². The van der Waals surface area contributed by atoms with E-state index in [1.165, 1.54) is 0 Å². The molecule has 0 aromatic carbocycles. The summed E-state index contributed by atoms with van der Waals surface area (Å²) in [6.45, 7) is 3.79. The fourth-order valence-electron chi connectivity index (χ4n) is 1.74. The predicted molar refractivity (Wildman–Crippen MR) is 41.8 cm³/mol. The summed E-state index contributed by atoms with van der Waals surface area (Å²) in [7, 11) is 0. The Morgan fingerprint density at radius 3 is 2.62 bits per heavy atom. The first kappa shape index (κ1) is 9.36. The summed E-state index contributed by atoms with van der Waals surface area (Å²) < 4.78 is 15.8. The van der Waals surface area contributed by atoms with Crippen molar-refractivity contribution in [3.8, 4) is 0 Å². The van der Waals surface area contributed by atoms with Crippen molar-refractivity contribution in [3.63, 3.8) is 0 Å². The molecule has 0 saturated carbocycles. The number of fused-ring (bicyclic) bond motifs is 1. The zero-order valence-corrected chi connectivity index (χ0v) is 7.64. The van der Waals surface area contributed by atoms with Crippen LogP contribution in [0.1, 0.15) is 13.8 Å². The minimum Gasteiger partial charge on any atom is -0.385 e. The summed E-state index contributed by atoms with van der Waals surface area (Å²) in [5.41, 5.74) is 0. The quantitative estimate of drug-likeness (QED) is 0.524. The highest BCUT2D eigenvalue weighted by Crippen LogP contribution is 2.33. The van der Waals surface area contributed by atoms with E-state index in [9.17, 15) is 10.2 Å². The van der Waals surface area contributed by atoms with Crippen LogP contribution in [-0.4, -0.2) is 47.2 Å². The van der Waals surface area contributed by atoms with E-state index in [-0.39, 0.29) is 12.7 Å². The number of rotatable bonds is 0. The first-order valence-electron chi connectivity index (χ1n) is 4.33. The van der Waals surface area contributed by atoms with Gasteiger partial charge in [-0.25, -0.2) is 0 Å². The van der Waals surface area contributed by atoms with E-state index in [1.807, 2.05) is 0 Å². The lowest BCUT2D eigenvalue weighted by atomic mass is 10.1. The second-order valence-corrected chi connectivity index (χ2v) is 3.85. The van der Waals surface area contributed by atoms with Crippen molar-refractivity contribution in [2.24, 2.45) is 0 Å². The van der Waals surface area contributed by atoms with Gasteiger partial charge in [-0.1, -0.05) is 0 Å². The van der Waals surface area contributed by atoms with Gasteiger partial charge in [0.05, 0.1) is 6.61 Å². The molecule has 0 spiro atoms. The van der Waals surface area contributed by atoms with Crippen LogP contribution in [0, 0.1) is 0 Å². The zero-order valence-electron chi connectivity index (χ0n) is 7.64. The summed E-state index contributed by atoms with van der Waals surface area (Å²) in [5, 5.41) is 18.7. The normalized spacial score (nSPS) is 48.9. The van der Waals surface area contributed by atoms with Gasteiger partial charge in [0.25, 0.3) is 0 Å². The highest BCUT2D eigenvalue weighted by Gasteiger charge is 2.50. The Bertz CT molecular complexity index is 205. The fourth-order valence-corrected chi connectivity index (χ4v) is 1.74. The van der Waals surface area contributed by atoms with E-state index in [2.05, 4.69) is 0 Å². The molecule has 5 heteroatoms. The highest BCUT2D eigenvalue weighted by molar-refractivity contribution is 4.90. The lowest BCUT2D eigenvalue weighted by Gasteiger charge is -2.31. The van der Waals surface area contributed by atoms with Gasteiger partial charge in [-0.15, -0.1) is 0 Å². The van der Waals surface area contributed by atoms with E-state index in [0.717, 1.165) is 0 Å². The van der Waals surface area contributed by atoms with Crippen LogP contribution in [0.25, 0.3) is 0 Å². The third-order valence-corrected chi connectivity index (χ3v) is 2.28. The van der Waals surface area contributed by atoms with Gasteiger partial charge >= 0.3 is 0 Å². The molecule has 2 aliphatic heterocycles. The Kier molecular flexibility index (Phi) is 2.08. The SMILES string of the molecule is CC1(C)O[C@@H]2[C@H](COC(O)[C@@H]2O)O1. The van der Waals surface area contributed by atoms with Gasteiger partial charge in [0, 0.05) is 0 Å². The lowest BCUT2D eigenvalue weighted by molar-refractivity contribution is -0.230. The molecule has 0 aromatic heterocycles. The Balaban J connectivity index is 2.11. The molecule has 0 bridgehead atoms. The first-order chi connectivity index (χ1) is 5.99. The average molecular weight is 190 g/mol. The Morgan fingerprint density at radius 2 is 1.92 bits per heavy atom. The van der Waals surface area contributed by atoms with E-state index in [0.29, 0.717) is 0 Å². The molecule has 0 radical (unpaired) electrons. The summed E-state index contributed by atoms with van der Waals surface area (Å²) in [6, 6.07) is 0. The Morgan fingerprint density at radius 1 is 1.23 bits per heavy atom. The van der Waals surface area contributed by atoms with Gasteiger partial charge in [0.1, 0.15) is 18.3 Å². The fraction of sp³-hybridized carbons (Fsp3) is 1.00. The summed E-state index contributed by atoms with van der Waals surface area (Å²) >= 11 is 0. The summed E-state index contributed by atoms with van der Waals surface area (Å²) in [4.78, 5) is 0. The number of hydrogen-bond acceptors (Lipinski definition) is 5. The molecule has 0 aromatic rings. The van der Waals surface area contributed by atoms with E-state index >= 15 is 0 Å². The van der Waals surface area contributed by atoms with Crippen molar-refractivity contribution in [3.05, 3.63) is 0 Å². The summed E-state index contributed by atoms with van der Waals surface area (Å²) in [6.07, 6.45) is -2.97. The van der Waals surface area contributed by atoms with Gasteiger partial charge in [0.15, 0.2) is 12.1 Å². The average Bonchev–Trinajstić information content (AvgIpc) is 2.34. The van der Waals surface area contributed by atoms with Gasteiger partial charge < -0.3 is 24.4 Å². The van der Waals surface area contributed by atoms with Crippen molar-refractivity contribution in [1.82, 2.24) is 0 Å². The van der Waals surface area contributed by atoms with Crippen molar-refractivity contribution >= 4 is 0 Å². The predicted octanol–water partition coefficient (Wildman–Crippen LogP) is -0.784. The largest absolute Gasteiger partial charge is 0.385 e. The molecule has 1 unspecified atom stereocenters. The monoisotopic (exact) mass is 190 g/mol. The zero-order chi connectivity index (χ0) is 9.64. The van der Waals surface area contributed by atoms with Gasteiger partial charge in [-0.3, -0.25) is 0 Å². The van der Waals surface area contributed by atoms with Crippen molar-refractivity contribution in [2.75, 3.05) is 6.61 Å². The summed E-state index contributed by atoms with van der Waals surface area (Å²) in [5.74, 6) is -0.705. The lowest BCUT2D eigenvalue weighted by Crippen LogP contribution is -2.51. The third-order valence-electron chi connectivity index (χ3n) is 2.28. The van der Waals surface area contributed by atoms with E-state index in [4.69, 9.17) is 14.2 Å². The maximum absolute atomic E-state index is 9.50. The smallest absolute Gasteiger partial charge is 0.183 e. The van der Waals surface area contributed by atoms with Crippen LogP contribution in [0.4, 0.5) is 0 Å². The van der Waals surface area contributed by atoms with Crippen molar-refractivity contribution < 1.29 is 24.4 Å². The van der Waals surface area contributed by atoms with Crippen LogP contribution < -0.4 is 0 Å². The number of aliphatic hydroxyl groups is 2. The maximum Gasteiger partial charge on any atom is 0.183 e. The molecule has 2 fully saturated rings. The molecule has 2 rings (SSSR count). The molecule has 2 heterocycles. The third kappa shape index (κ3) is 1.58. The van der Waals surface area contributed by atoms with Gasteiger partial charge in [-0.2, -0.15) is 0 Å². The first-order valence-corrected chi connectivity index (χ1v) is 4.33. The Hall–Kier alpha value is -0.200. The molecular weight excluding hydrogens is 176 g/mol. The Labute approximate surface area is 76.2 Å². The molecule has 2 saturated heterocycles. The molecule has 2 aliphatic rings. The molecule has 0 amide bonds. The topological polar surface area (TPSA) is 68.2 Å². The van der Waals surface area contributed by atoms with Gasteiger partial charge in [0.2, 0.25) is 0 Å². The molecule has 4 atom stereocenters. The standard InChI is InChI=1S/C8H14O5/c1-8(2)12-4-3-11-7(10)5(9)6(4)13-8/h4-7,9-10H,3H2,1-2H3/t4-,5+,6+,7?/m0/s1. The minimum absolute atomic E-state index is 0.256. The van der Waals surface area contributed by atoms with Crippen LogP contribution in [0.3, 0.4) is 0 Å². The van der Waals surface area contributed by atoms with Gasteiger partial charge in [-0.05, 0) is 13.8 Å². The van der Waals surface area contributed by atoms with Crippen LogP contribution in [0.2, 0.25) is 0 Å². The second kappa shape index (κ2) is 2.90. The van der Waals surface area contributed by atoms with E-state index < -0.39 is 24.3 Å². The second-order valence-electron chi connectivity index (χ2n) is 3.85. The molecule has 13 heavy (non-hydrogen) atoms. The molecular formula is C8H14O5. The van der Waals surface area contributed by atoms with Crippen LogP contribution in [-0.2, 0) is 14.2 Å². The highest BCUT2D eigenvalue weighted by atomic mass is 16.8. The number of ether oxygens (including phenoxy) is 3. The van der Waals surface area contributed by atoms with Crippen LogP contribution in [0.15, 0.2) is 0 Å². The number of aliphatic hydroxyl groups excluding tert-OH is 2. The molecule has 2 N–H and O–H groups in total. The minimum atomic E-state index is -1.17. The molecule has 5 nitrogen and oxygen atoms in total. The van der Waals surface area contributed by atoms with Crippen LogP contribution in [0.5, 0.6) is 0 Å². The van der Waals surface area contributed by atoms with E-state index in [1.54, 1.807) is 13.8 Å². The molecule has 76 valence electrons. The molecule has 0 aliphatic carbocycles. The van der Waals surface area contributed by atoms with Crippen LogP contribution >= 0.6 is 0 Å². The van der Waals surface area contributed by atoms with Crippen molar-refractivity contribution in [2.45, 2.75) is 44.2 Å².